The van der Waals surface area contributed by atoms with Gasteiger partial charge < -0.3 is 11.1 Å². The first kappa shape index (κ1) is 12.2. The van der Waals surface area contributed by atoms with Crippen molar-refractivity contribution >= 4 is 0 Å². The highest BCUT2D eigenvalue weighted by molar-refractivity contribution is 4.93. The highest BCUT2D eigenvalue weighted by atomic mass is 14.8. The predicted molar refractivity (Wildman–Crippen MR) is 47.8 cm³/mol. The van der Waals surface area contributed by atoms with Gasteiger partial charge in [-0.3, -0.25) is 0 Å². The minimum Gasteiger partial charge on any atom is -0.389 e. The van der Waals surface area contributed by atoms with Crippen molar-refractivity contribution in [1.29, 1.82) is 0 Å². The third-order valence-electron chi connectivity index (χ3n) is 0.966. The Balaban J connectivity index is 0. The molecule has 0 bridgehead atoms. The monoisotopic (exact) mass is 144 g/mol. The summed E-state index contributed by atoms with van der Waals surface area (Å²) < 4.78 is 0. The molecule has 0 saturated carbocycles. The Morgan fingerprint density at radius 2 is 1.90 bits per heavy atom. The van der Waals surface area contributed by atoms with Gasteiger partial charge in [-0.1, -0.05) is 13.0 Å². The molecule has 0 rings (SSSR count). The molecule has 0 aliphatic rings. The van der Waals surface area contributed by atoms with Gasteiger partial charge in [-0.25, -0.2) is 0 Å². The average Bonchev–Trinajstić information content (AvgIpc) is 1.93. The molecule has 2 heteroatoms. The third kappa shape index (κ3) is 10.5. The van der Waals surface area contributed by atoms with Gasteiger partial charge in [-0.05, 0) is 27.3 Å². The molecule has 0 aromatic carbocycles. The second kappa shape index (κ2) is 11.3. The Bertz CT molecular complexity index is 77.3. The zero-order valence-electron chi connectivity index (χ0n) is 7.57. The second-order valence-electron chi connectivity index (χ2n) is 1.83. The van der Waals surface area contributed by atoms with Crippen LogP contribution >= 0.6 is 0 Å². The number of allylic oxidation sites excluding steroid dienone is 2. The summed E-state index contributed by atoms with van der Waals surface area (Å²) in [6.07, 6.45) is 3.31. The van der Waals surface area contributed by atoms with Crippen molar-refractivity contribution in [2.75, 3.05) is 13.6 Å². The molecule has 0 aromatic rings. The van der Waals surface area contributed by atoms with Gasteiger partial charge in [0.1, 0.15) is 0 Å². The van der Waals surface area contributed by atoms with E-state index in [1.165, 1.54) is 12.7 Å². The standard InChI is InChI=1S/C7H15N.CH5N/c1-4-6-7(3)8-5-2;1-2/h6,8H,4-5H2,1-3H3;2H2,1H3/b7-6-;. The number of nitrogens with two attached hydrogens (primary N) is 1. The Hall–Kier alpha value is -0.500. The van der Waals surface area contributed by atoms with Crippen LogP contribution in [0.25, 0.3) is 0 Å². The van der Waals surface area contributed by atoms with Crippen LogP contribution in [0.5, 0.6) is 0 Å². The molecule has 0 aromatic heterocycles. The van der Waals surface area contributed by atoms with Crippen LogP contribution in [-0.2, 0) is 0 Å². The van der Waals surface area contributed by atoms with Crippen molar-refractivity contribution in [2.45, 2.75) is 27.2 Å². The zero-order valence-corrected chi connectivity index (χ0v) is 7.57. The number of hydrogen-bond donors (Lipinski definition) is 2. The van der Waals surface area contributed by atoms with Crippen LogP contribution in [-0.4, -0.2) is 13.6 Å². The normalized spacial score (nSPS) is 9.90. The van der Waals surface area contributed by atoms with E-state index in [2.05, 4.69) is 37.9 Å². The van der Waals surface area contributed by atoms with Gasteiger partial charge >= 0.3 is 0 Å². The molecule has 0 unspecified atom stereocenters. The summed E-state index contributed by atoms with van der Waals surface area (Å²) in [5.74, 6) is 0. The fraction of sp³-hybridized carbons (Fsp3) is 0.750. The van der Waals surface area contributed by atoms with Gasteiger partial charge in [0.15, 0.2) is 0 Å². The van der Waals surface area contributed by atoms with Crippen molar-refractivity contribution in [1.82, 2.24) is 5.32 Å². The van der Waals surface area contributed by atoms with Crippen LogP contribution in [0.3, 0.4) is 0 Å². The summed E-state index contributed by atoms with van der Waals surface area (Å²) in [5, 5.41) is 3.21. The molecule has 3 N–H and O–H groups in total. The fourth-order valence-electron chi connectivity index (χ4n) is 0.657. The maximum atomic E-state index is 4.50. The number of nitrogens with one attached hydrogen (secondary N) is 1. The lowest BCUT2D eigenvalue weighted by Gasteiger charge is -1.99. The highest BCUT2D eigenvalue weighted by Crippen LogP contribution is 1.87. The maximum Gasteiger partial charge on any atom is 0.0115 e. The molecule has 10 heavy (non-hydrogen) atoms. The first-order valence-corrected chi connectivity index (χ1v) is 3.79. The molecule has 62 valence electrons. The van der Waals surface area contributed by atoms with Crippen LogP contribution < -0.4 is 11.1 Å². The summed E-state index contributed by atoms with van der Waals surface area (Å²) >= 11 is 0. The van der Waals surface area contributed by atoms with Gasteiger partial charge in [0, 0.05) is 12.2 Å². The van der Waals surface area contributed by atoms with E-state index in [1.54, 1.807) is 0 Å². The van der Waals surface area contributed by atoms with Gasteiger partial charge in [0.2, 0.25) is 0 Å². The molecular weight excluding hydrogens is 124 g/mol. The van der Waals surface area contributed by atoms with Crippen molar-refractivity contribution in [2.24, 2.45) is 5.73 Å². The van der Waals surface area contributed by atoms with Crippen LogP contribution in [0, 0.1) is 0 Å². The summed E-state index contributed by atoms with van der Waals surface area (Å²) in [5.41, 5.74) is 5.79. The Morgan fingerprint density at radius 3 is 2.20 bits per heavy atom. The molecule has 0 radical (unpaired) electrons. The van der Waals surface area contributed by atoms with E-state index in [9.17, 15) is 0 Å². The van der Waals surface area contributed by atoms with Crippen LogP contribution in [0.15, 0.2) is 11.8 Å². The van der Waals surface area contributed by atoms with E-state index in [4.69, 9.17) is 0 Å². The zero-order chi connectivity index (χ0) is 8.41. The first-order chi connectivity index (χ1) is 4.81. The van der Waals surface area contributed by atoms with Gasteiger partial charge in [0.25, 0.3) is 0 Å². The van der Waals surface area contributed by atoms with E-state index in [0.717, 1.165) is 13.0 Å². The molecule has 0 atom stereocenters. The van der Waals surface area contributed by atoms with Crippen molar-refractivity contribution in [3.8, 4) is 0 Å². The van der Waals surface area contributed by atoms with Crippen LogP contribution in [0.2, 0.25) is 0 Å². The molecule has 0 spiro atoms. The number of hydrogen-bond acceptors (Lipinski definition) is 2. The highest BCUT2D eigenvalue weighted by Gasteiger charge is 1.78. The summed E-state index contributed by atoms with van der Waals surface area (Å²) in [6.45, 7) is 7.36. The van der Waals surface area contributed by atoms with Crippen LogP contribution in [0.4, 0.5) is 0 Å². The predicted octanol–water partition coefficient (Wildman–Crippen LogP) is 1.48. The molecule has 0 amide bonds. The smallest absolute Gasteiger partial charge is 0.0115 e. The quantitative estimate of drug-likeness (QED) is 0.629. The fourth-order valence-corrected chi connectivity index (χ4v) is 0.657. The van der Waals surface area contributed by atoms with E-state index in [-0.39, 0.29) is 0 Å². The van der Waals surface area contributed by atoms with Gasteiger partial charge in [0.05, 0.1) is 0 Å². The third-order valence-corrected chi connectivity index (χ3v) is 0.966. The summed E-state index contributed by atoms with van der Waals surface area (Å²) in [6, 6.07) is 0. The molecule has 2 nitrogen and oxygen atoms in total. The van der Waals surface area contributed by atoms with E-state index < -0.39 is 0 Å². The molecule has 0 heterocycles. The first-order valence-electron chi connectivity index (χ1n) is 3.79. The molecule has 0 aliphatic heterocycles. The van der Waals surface area contributed by atoms with E-state index in [1.807, 2.05) is 0 Å². The number of rotatable bonds is 3. The van der Waals surface area contributed by atoms with Crippen molar-refractivity contribution in [3.05, 3.63) is 11.8 Å². The lowest BCUT2D eigenvalue weighted by molar-refractivity contribution is 0.845. The molecule has 0 saturated heterocycles. The molecule has 0 fully saturated rings. The Morgan fingerprint density at radius 1 is 1.40 bits per heavy atom. The summed E-state index contributed by atoms with van der Waals surface area (Å²) in [7, 11) is 1.50. The van der Waals surface area contributed by atoms with Gasteiger partial charge in [-0.2, -0.15) is 0 Å². The van der Waals surface area contributed by atoms with Crippen LogP contribution in [0.1, 0.15) is 27.2 Å². The minimum absolute atomic E-state index is 1.03. The Kier molecular flexibility index (Phi) is 13.8. The minimum atomic E-state index is 1.03. The largest absolute Gasteiger partial charge is 0.389 e. The van der Waals surface area contributed by atoms with E-state index in [0.29, 0.717) is 0 Å². The lowest BCUT2D eigenvalue weighted by Crippen LogP contribution is -2.08. The van der Waals surface area contributed by atoms with Gasteiger partial charge in [-0.15, -0.1) is 0 Å². The summed E-state index contributed by atoms with van der Waals surface area (Å²) in [4.78, 5) is 0. The molecule has 0 aliphatic carbocycles. The molecular formula is C8H20N2. The van der Waals surface area contributed by atoms with Crippen molar-refractivity contribution < 1.29 is 0 Å². The average molecular weight is 144 g/mol. The Labute approximate surface area is 64.5 Å². The lowest BCUT2D eigenvalue weighted by atomic mass is 10.3. The maximum absolute atomic E-state index is 4.50. The second-order valence-corrected chi connectivity index (χ2v) is 1.83. The topological polar surface area (TPSA) is 38.0 Å². The van der Waals surface area contributed by atoms with Crippen molar-refractivity contribution in [3.63, 3.8) is 0 Å². The van der Waals surface area contributed by atoms with E-state index >= 15 is 0 Å². The SMILES string of the molecule is CC/C=C(/C)NCC.CN.